The molecule has 1 aliphatic rings. The third-order valence-electron chi connectivity index (χ3n) is 5.56. The van der Waals surface area contributed by atoms with E-state index in [1.807, 2.05) is 28.8 Å². The summed E-state index contributed by atoms with van der Waals surface area (Å²) in [6.07, 6.45) is 5.15. The lowest BCUT2D eigenvalue weighted by atomic mass is 9.78. The van der Waals surface area contributed by atoms with Gasteiger partial charge in [0.05, 0.1) is 12.7 Å². The normalized spacial score (nSPS) is 23.4. The van der Waals surface area contributed by atoms with Gasteiger partial charge in [0.1, 0.15) is 6.54 Å². The fourth-order valence-corrected chi connectivity index (χ4v) is 3.84. The van der Waals surface area contributed by atoms with Gasteiger partial charge in [-0.2, -0.15) is 0 Å². The van der Waals surface area contributed by atoms with Crippen molar-refractivity contribution in [2.75, 3.05) is 7.11 Å². The van der Waals surface area contributed by atoms with Gasteiger partial charge in [0.15, 0.2) is 0 Å². The third kappa shape index (κ3) is 3.55. The molecule has 0 saturated heterocycles. The highest BCUT2D eigenvalue weighted by Gasteiger charge is 2.28. The molecule has 0 aliphatic heterocycles. The van der Waals surface area contributed by atoms with Crippen LogP contribution in [0.15, 0.2) is 30.5 Å². The molecule has 5 nitrogen and oxygen atoms in total. The largest absolute Gasteiger partial charge is 0.465 e. The molecule has 1 amide bonds. The van der Waals surface area contributed by atoms with Crippen LogP contribution in [-0.2, 0) is 16.1 Å². The van der Waals surface area contributed by atoms with Crippen molar-refractivity contribution in [1.29, 1.82) is 0 Å². The Kier molecular flexibility index (Phi) is 5.11. The minimum Gasteiger partial charge on any atom is -0.465 e. The van der Waals surface area contributed by atoms with E-state index in [9.17, 15) is 9.59 Å². The maximum absolute atomic E-state index is 12.6. The number of nitrogens with one attached hydrogen (secondary N) is 1. The Bertz CT molecular complexity index is 780. The molecule has 1 aliphatic carbocycles. The molecular weight excluding hydrogens is 316 g/mol. The number of rotatable bonds is 4. The average Bonchev–Trinajstić information content (AvgIpc) is 2.97. The van der Waals surface area contributed by atoms with E-state index in [0.29, 0.717) is 17.4 Å². The Hall–Kier alpha value is -2.30. The Morgan fingerprint density at radius 3 is 2.76 bits per heavy atom. The Morgan fingerprint density at radius 2 is 2.00 bits per heavy atom. The summed E-state index contributed by atoms with van der Waals surface area (Å²) in [4.78, 5) is 24.6. The van der Waals surface area contributed by atoms with Crippen molar-refractivity contribution in [2.24, 2.45) is 11.8 Å². The summed E-state index contributed by atoms with van der Waals surface area (Å²) in [5.74, 6) is 0.732. The summed E-state index contributed by atoms with van der Waals surface area (Å²) in [7, 11) is 1.37. The summed E-state index contributed by atoms with van der Waals surface area (Å²) < 4.78 is 6.68. The molecule has 2 aromatic rings. The van der Waals surface area contributed by atoms with E-state index in [-0.39, 0.29) is 24.5 Å². The third-order valence-corrected chi connectivity index (χ3v) is 5.56. The predicted molar refractivity (Wildman–Crippen MR) is 97.4 cm³/mol. The van der Waals surface area contributed by atoms with Gasteiger partial charge in [-0.25, -0.2) is 4.79 Å². The maximum Gasteiger partial charge on any atom is 0.340 e. The molecule has 1 aromatic carbocycles. The van der Waals surface area contributed by atoms with Crippen LogP contribution in [0.5, 0.6) is 0 Å². The molecule has 3 atom stereocenters. The Balaban J connectivity index is 1.78. The van der Waals surface area contributed by atoms with Crippen LogP contribution >= 0.6 is 0 Å². The van der Waals surface area contributed by atoms with E-state index < -0.39 is 0 Å². The van der Waals surface area contributed by atoms with E-state index in [2.05, 4.69) is 19.2 Å². The first kappa shape index (κ1) is 17.5. The smallest absolute Gasteiger partial charge is 0.340 e. The summed E-state index contributed by atoms with van der Waals surface area (Å²) in [5, 5.41) is 4.00. The molecule has 1 N–H and O–H groups in total. The van der Waals surface area contributed by atoms with Crippen LogP contribution < -0.4 is 5.32 Å². The second-order valence-corrected chi connectivity index (χ2v) is 7.12. The predicted octanol–water partition coefficient (Wildman–Crippen LogP) is 3.37. The number of amides is 1. The van der Waals surface area contributed by atoms with Crippen molar-refractivity contribution in [3.05, 3.63) is 36.0 Å². The number of hydrogen-bond donors (Lipinski definition) is 1. The molecule has 25 heavy (non-hydrogen) atoms. The van der Waals surface area contributed by atoms with Gasteiger partial charge in [0.2, 0.25) is 5.91 Å². The van der Waals surface area contributed by atoms with Crippen LogP contribution in [0.1, 0.15) is 43.5 Å². The summed E-state index contributed by atoms with van der Waals surface area (Å²) in [5.41, 5.74) is 1.36. The van der Waals surface area contributed by atoms with Crippen molar-refractivity contribution < 1.29 is 14.3 Å². The lowest BCUT2D eigenvalue weighted by Gasteiger charge is -2.34. The molecule has 134 valence electrons. The number of nitrogens with zero attached hydrogens (tertiary/aromatic N) is 1. The summed E-state index contributed by atoms with van der Waals surface area (Å²) in [6, 6.07) is 7.81. The molecule has 0 bridgehead atoms. The molecule has 3 rings (SSSR count). The van der Waals surface area contributed by atoms with Crippen molar-refractivity contribution in [2.45, 2.75) is 45.7 Å². The van der Waals surface area contributed by atoms with Crippen LogP contribution in [0, 0.1) is 11.8 Å². The molecule has 3 unspecified atom stereocenters. The summed E-state index contributed by atoms with van der Waals surface area (Å²) >= 11 is 0. The van der Waals surface area contributed by atoms with Gasteiger partial charge in [0.25, 0.3) is 0 Å². The van der Waals surface area contributed by atoms with E-state index >= 15 is 0 Å². The van der Waals surface area contributed by atoms with Crippen LogP contribution in [0.25, 0.3) is 10.9 Å². The highest BCUT2D eigenvalue weighted by molar-refractivity contribution is 6.04. The minimum atomic E-state index is -0.384. The highest BCUT2D eigenvalue weighted by atomic mass is 16.5. The van der Waals surface area contributed by atoms with Gasteiger partial charge in [0, 0.05) is 23.1 Å². The van der Waals surface area contributed by atoms with E-state index in [4.69, 9.17) is 4.74 Å². The maximum atomic E-state index is 12.6. The minimum absolute atomic E-state index is 0.0110. The van der Waals surface area contributed by atoms with Crippen molar-refractivity contribution in [1.82, 2.24) is 9.88 Å². The number of esters is 1. The number of ether oxygens (including phenoxy) is 1. The molecule has 1 aromatic heterocycles. The molecule has 0 radical (unpaired) electrons. The van der Waals surface area contributed by atoms with Gasteiger partial charge in [-0.15, -0.1) is 0 Å². The van der Waals surface area contributed by atoms with Gasteiger partial charge in [-0.05, 0) is 24.3 Å². The fraction of sp³-hybridized carbons (Fsp3) is 0.500. The lowest BCUT2D eigenvalue weighted by Crippen LogP contribution is -2.44. The molecule has 1 fully saturated rings. The fourth-order valence-electron chi connectivity index (χ4n) is 3.84. The lowest BCUT2D eigenvalue weighted by molar-refractivity contribution is -0.123. The van der Waals surface area contributed by atoms with Crippen LogP contribution in [0.4, 0.5) is 0 Å². The van der Waals surface area contributed by atoms with Crippen LogP contribution in [0.2, 0.25) is 0 Å². The SMILES string of the molecule is COC(=O)c1cn(CC(=O)NC2CCCC(C)C2C)c2ccccc12. The van der Waals surface area contributed by atoms with Gasteiger partial charge >= 0.3 is 5.97 Å². The zero-order chi connectivity index (χ0) is 18.0. The first-order valence-corrected chi connectivity index (χ1v) is 8.96. The zero-order valence-corrected chi connectivity index (χ0v) is 15.1. The van der Waals surface area contributed by atoms with Crippen LogP contribution in [0.3, 0.4) is 0 Å². The number of aromatic nitrogens is 1. The number of methoxy groups -OCH3 is 1. The quantitative estimate of drug-likeness (QED) is 0.867. The first-order chi connectivity index (χ1) is 12.0. The summed E-state index contributed by atoms with van der Waals surface area (Å²) in [6.45, 7) is 4.68. The second-order valence-electron chi connectivity index (χ2n) is 7.12. The van der Waals surface area contributed by atoms with Gasteiger partial charge < -0.3 is 14.6 Å². The standard InChI is InChI=1S/C20H26N2O3/c1-13-7-6-9-17(14(13)2)21-19(23)12-22-11-16(20(24)25-3)15-8-4-5-10-18(15)22/h4-5,8,10-11,13-14,17H,6-7,9,12H2,1-3H3,(H,21,23). The van der Waals surface area contributed by atoms with Crippen molar-refractivity contribution in [3.8, 4) is 0 Å². The number of para-hydroxylation sites is 1. The monoisotopic (exact) mass is 342 g/mol. The molecule has 5 heteroatoms. The second kappa shape index (κ2) is 7.30. The molecule has 1 saturated carbocycles. The highest BCUT2D eigenvalue weighted by Crippen LogP contribution is 2.29. The number of hydrogen-bond acceptors (Lipinski definition) is 3. The average molecular weight is 342 g/mol. The number of benzene rings is 1. The Labute approximate surface area is 148 Å². The van der Waals surface area contributed by atoms with E-state index in [1.54, 1.807) is 6.20 Å². The van der Waals surface area contributed by atoms with Crippen molar-refractivity contribution in [3.63, 3.8) is 0 Å². The number of fused-ring (bicyclic) bond motifs is 1. The zero-order valence-electron chi connectivity index (χ0n) is 15.1. The topological polar surface area (TPSA) is 60.3 Å². The van der Waals surface area contributed by atoms with E-state index in [1.165, 1.54) is 13.5 Å². The number of carbonyl (C=O) groups excluding carboxylic acids is 2. The van der Waals surface area contributed by atoms with Crippen LogP contribution in [-0.4, -0.2) is 29.6 Å². The van der Waals surface area contributed by atoms with E-state index in [0.717, 1.165) is 23.7 Å². The van der Waals surface area contributed by atoms with Crippen molar-refractivity contribution >= 4 is 22.8 Å². The molecular formula is C20H26N2O3. The molecule has 1 heterocycles. The Morgan fingerprint density at radius 1 is 1.24 bits per heavy atom. The first-order valence-electron chi connectivity index (χ1n) is 8.96. The molecule has 0 spiro atoms. The van der Waals surface area contributed by atoms with Gasteiger partial charge in [-0.3, -0.25) is 4.79 Å². The number of carbonyl (C=O) groups is 2. The van der Waals surface area contributed by atoms with Gasteiger partial charge in [-0.1, -0.05) is 44.9 Å².